The lowest BCUT2D eigenvalue weighted by atomic mass is 9.99. The maximum Gasteiger partial charge on any atom is 0.234 e. The van der Waals surface area contributed by atoms with Crippen molar-refractivity contribution in [2.45, 2.75) is 45.6 Å². The Labute approximate surface area is 105 Å². The summed E-state index contributed by atoms with van der Waals surface area (Å²) in [6.07, 6.45) is 4.43. The zero-order valence-corrected chi connectivity index (χ0v) is 11.2. The molecule has 4 nitrogen and oxygen atoms in total. The second-order valence-corrected chi connectivity index (χ2v) is 5.22. The molecule has 0 aromatic carbocycles. The van der Waals surface area contributed by atoms with Crippen molar-refractivity contribution in [1.82, 2.24) is 10.2 Å². The maximum atomic E-state index is 11.3. The molecule has 1 aliphatic rings. The summed E-state index contributed by atoms with van der Waals surface area (Å²) in [5.74, 6) is 0.639. The predicted octanol–water partition coefficient (Wildman–Crippen LogP) is 0.962. The molecule has 17 heavy (non-hydrogen) atoms. The fraction of sp³-hybridized carbons (Fsp3) is 0.923. The van der Waals surface area contributed by atoms with E-state index in [0.717, 1.165) is 31.8 Å². The average molecular weight is 241 g/mol. The minimum Gasteiger partial charge on any atom is -0.368 e. The third kappa shape index (κ3) is 5.50. The molecule has 0 aliphatic carbocycles. The van der Waals surface area contributed by atoms with Gasteiger partial charge in [-0.1, -0.05) is 13.8 Å². The van der Waals surface area contributed by atoms with Crippen molar-refractivity contribution in [2.75, 3.05) is 26.2 Å². The monoisotopic (exact) mass is 241 g/mol. The van der Waals surface area contributed by atoms with E-state index in [1.807, 2.05) is 0 Å². The number of nitrogens with zero attached hydrogens (tertiary/aromatic N) is 1. The minimum atomic E-state index is -0.219. The Morgan fingerprint density at radius 1 is 1.47 bits per heavy atom. The highest BCUT2D eigenvalue weighted by molar-refractivity contribution is 5.79. The molecule has 0 bridgehead atoms. The first kappa shape index (κ1) is 14.5. The highest BCUT2D eigenvalue weighted by Gasteiger charge is 2.19. The van der Waals surface area contributed by atoms with Crippen LogP contribution in [0.1, 0.15) is 39.5 Å². The van der Waals surface area contributed by atoms with Crippen molar-refractivity contribution in [3.63, 3.8) is 0 Å². The van der Waals surface area contributed by atoms with Gasteiger partial charge in [-0.25, -0.2) is 0 Å². The zero-order chi connectivity index (χ0) is 12.7. The van der Waals surface area contributed by atoms with Crippen molar-refractivity contribution < 1.29 is 4.79 Å². The quantitative estimate of drug-likeness (QED) is 0.698. The fourth-order valence-electron chi connectivity index (χ4n) is 2.26. The number of piperidine rings is 1. The molecule has 1 rings (SSSR count). The summed E-state index contributed by atoms with van der Waals surface area (Å²) >= 11 is 0. The van der Waals surface area contributed by atoms with Gasteiger partial charge < -0.3 is 16.0 Å². The van der Waals surface area contributed by atoms with Gasteiger partial charge in [0.15, 0.2) is 0 Å². The molecule has 1 saturated heterocycles. The first-order valence-corrected chi connectivity index (χ1v) is 6.88. The second kappa shape index (κ2) is 7.67. The van der Waals surface area contributed by atoms with E-state index < -0.39 is 0 Å². The van der Waals surface area contributed by atoms with Crippen LogP contribution in [0.4, 0.5) is 0 Å². The van der Waals surface area contributed by atoms with Gasteiger partial charge in [-0.15, -0.1) is 0 Å². The van der Waals surface area contributed by atoms with Crippen molar-refractivity contribution in [1.29, 1.82) is 0 Å². The molecule has 0 spiro atoms. The summed E-state index contributed by atoms with van der Waals surface area (Å²) < 4.78 is 0. The number of carbonyl (C=O) groups excluding carboxylic acids is 1. The number of rotatable bonds is 7. The van der Waals surface area contributed by atoms with Gasteiger partial charge in [0.25, 0.3) is 0 Å². The van der Waals surface area contributed by atoms with E-state index in [-0.39, 0.29) is 11.9 Å². The average Bonchev–Trinajstić information content (AvgIpc) is 2.31. The van der Waals surface area contributed by atoms with Crippen LogP contribution in [0.5, 0.6) is 0 Å². The first-order chi connectivity index (χ1) is 8.13. The Morgan fingerprint density at radius 3 is 2.65 bits per heavy atom. The number of hydrogen-bond acceptors (Lipinski definition) is 3. The second-order valence-electron chi connectivity index (χ2n) is 5.22. The van der Waals surface area contributed by atoms with Crippen LogP contribution in [0.15, 0.2) is 0 Å². The van der Waals surface area contributed by atoms with Crippen molar-refractivity contribution in [3.8, 4) is 0 Å². The van der Waals surface area contributed by atoms with Gasteiger partial charge in [0, 0.05) is 6.54 Å². The number of likely N-dealkylation sites (tertiary alicyclic amines) is 1. The van der Waals surface area contributed by atoms with E-state index >= 15 is 0 Å². The SMILES string of the molecule is CCCNC(CCN1CCC(C)CC1)C(N)=O. The molecule has 4 heteroatoms. The summed E-state index contributed by atoms with van der Waals surface area (Å²) in [4.78, 5) is 13.7. The Kier molecular flexibility index (Phi) is 6.52. The standard InChI is InChI=1S/C13H27N3O/c1-3-7-15-12(13(14)17)6-10-16-8-4-11(2)5-9-16/h11-12,15H,3-10H2,1-2H3,(H2,14,17). The first-order valence-electron chi connectivity index (χ1n) is 6.88. The number of hydrogen-bond donors (Lipinski definition) is 2. The summed E-state index contributed by atoms with van der Waals surface area (Å²) in [7, 11) is 0. The number of primary amides is 1. The van der Waals surface area contributed by atoms with Gasteiger partial charge in [-0.3, -0.25) is 4.79 Å². The zero-order valence-electron chi connectivity index (χ0n) is 11.2. The Balaban J connectivity index is 2.23. The number of amides is 1. The molecular weight excluding hydrogens is 214 g/mol. The lowest BCUT2D eigenvalue weighted by Crippen LogP contribution is -2.44. The minimum absolute atomic E-state index is 0.158. The van der Waals surface area contributed by atoms with Crippen LogP contribution >= 0.6 is 0 Å². The third-order valence-corrected chi connectivity index (χ3v) is 3.59. The molecule has 100 valence electrons. The Bertz CT molecular complexity index is 225. The molecule has 1 atom stereocenters. The summed E-state index contributed by atoms with van der Waals surface area (Å²) in [5, 5.41) is 3.22. The molecule has 1 unspecified atom stereocenters. The van der Waals surface area contributed by atoms with Gasteiger partial charge in [-0.05, 0) is 51.2 Å². The van der Waals surface area contributed by atoms with Crippen molar-refractivity contribution in [3.05, 3.63) is 0 Å². The van der Waals surface area contributed by atoms with Gasteiger partial charge in [-0.2, -0.15) is 0 Å². The lowest BCUT2D eigenvalue weighted by Gasteiger charge is -2.31. The van der Waals surface area contributed by atoms with Gasteiger partial charge in [0.05, 0.1) is 6.04 Å². The summed E-state index contributed by atoms with van der Waals surface area (Å²) in [6, 6.07) is -0.158. The molecule has 0 radical (unpaired) electrons. The van der Waals surface area contributed by atoms with Crippen molar-refractivity contribution >= 4 is 5.91 Å². The fourth-order valence-corrected chi connectivity index (χ4v) is 2.26. The van der Waals surface area contributed by atoms with E-state index in [1.165, 1.54) is 25.9 Å². The maximum absolute atomic E-state index is 11.3. The van der Waals surface area contributed by atoms with E-state index in [1.54, 1.807) is 0 Å². The van der Waals surface area contributed by atoms with Crippen LogP contribution in [0.3, 0.4) is 0 Å². The van der Waals surface area contributed by atoms with E-state index in [4.69, 9.17) is 5.73 Å². The highest BCUT2D eigenvalue weighted by Crippen LogP contribution is 2.16. The summed E-state index contributed by atoms with van der Waals surface area (Å²) in [5.41, 5.74) is 5.40. The van der Waals surface area contributed by atoms with Crippen LogP contribution in [-0.2, 0) is 4.79 Å². The Morgan fingerprint density at radius 2 is 2.12 bits per heavy atom. The molecule has 1 aliphatic heterocycles. The predicted molar refractivity (Wildman–Crippen MR) is 70.7 cm³/mol. The molecule has 0 aromatic rings. The Hall–Kier alpha value is -0.610. The van der Waals surface area contributed by atoms with Crippen LogP contribution in [0.2, 0.25) is 0 Å². The number of nitrogens with one attached hydrogen (secondary N) is 1. The van der Waals surface area contributed by atoms with Gasteiger partial charge >= 0.3 is 0 Å². The molecule has 3 N–H and O–H groups in total. The topological polar surface area (TPSA) is 58.4 Å². The van der Waals surface area contributed by atoms with Crippen molar-refractivity contribution in [2.24, 2.45) is 11.7 Å². The molecule has 0 aromatic heterocycles. The smallest absolute Gasteiger partial charge is 0.234 e. The van der Waals surface area contributed by atoms with Gasteiger partial charge in [0.1, 0.15) is 0 Å². The largest absolute Gasteiger partial charge is 0.368 e. The lowest BCUT2D eigenvalue weighted by molar-refractivity contribution is -0.120. The number of nitrogens with two attached hydrogens (primary N) is 1. The normalized spacial score (nSPS) is 20.4. The molecular formula is C13H27N3O. The molecule has 1 fully saturated rings. The van der Waals surface area contributed by atoms with Crippen LogP contribution in [0, 0.1) is 5.92 Å². The highest BCUT2D eigenvalue weighted by atomic mass is 16.1. The van der Waals surface area contributed by atoms with E-state index in [0.29, 0.717) is 0 Å². The third-order valence-electron chi connectivity index (χ3n) is 3.59. The summed E-state index contributed by atoms with van der Waals surface area (Å²) in [6.45, 7) is 8.59. The van der Waals surface area contributed by atoms with Crippen LogP contribution in [0.25, 0.3) is 0 Å². The van der Waals surface area contributed by atoms with Crippen LogP contribution in [-0.4, -0.2) is 43.0 Å². The van der Waals surface area contributed by atoms with E-state index in [9.17, 15) is 4.79 Å². The molecule has 1 amide bonds. The molecule has 0 saturated carbocycles. The number of carbonyl (C=O) groups is 1. The molecule has 1 heterocycles. The van der Waals surface area contributed by atoms with Gasteiger partial charge in [0.2, 0.25) is 5.91 Å². The van der Waals surface area contributed by atoms with E-state index in [2.05, 4.69) is 24.1 Å². The van der Waals surface area contributed by atoms with Crippen LogP contribution < -0.4 is 11.1 Å².